The van der Waals surface area contributed by atoms with Crippen LogP contribution in [0.3, 0.4) is 0 Å². The first-order chi connectivity index (χ1) is 20.1. The molecule has 3 amide bonds. The Morgan fingerprint density at radius 2 is 1.76 bits per heavy atom. The smallest absolute Gasteiger partial charge is 0.407 e. The van der Waals surface area contributed by atoms with Gasteiger partial charge in [0.1, 0.15) is 36.1 Å². The van der Waals surface area contributed by atoms with Gasteiger partial charge in [-0.25, -0.2) is 9.59 Å². The SMILES string of the molecule is COC1C(OC(=O)N[C@@H](COC(=O)NCCCCCCNC(=O)CN)C(C)C)CC[C@]23OC2C2(O[C@@H]2CC=C(C)C)C13. The van der Waals surface area contributed by atoms with Crippen LogP contribution in [-0.4, -0.2) is 93.1 Å². The summed E-state index contributed by atoms with van der Waals surface area (Å²) in [7, 11) is 1.65. The second-order valence-corrected chi connectivity index (χ2v) is 12.6. The van der Waals surface area contributed by atoms with Crippen LogP contribution in [0.15, 0.2) is 11.6 Å². The first kappa shape index (κ1) is 32.5. The highest BCUT2D eigenvalue weighted by molar-refractivity contribution is 5.77. The summed E-state index contributed by atoms with van der Waals surface area (Å²) in [5.74, 6) is -0.102. The van der Waals surface area contributed by atoms with Crippen molar-refractivity contribution in [2.75, 3.05) is 33.4 Å². The van der Waals surface area contributed by atoms with Gasteiger partial charge in [-0.15, -0.1) is 0 Å². The van der Waals surface area contributed by atoms with Crippen LogP contribution in [0.2, 0.25) is 0 Å². The van der Waals surface area contributed by atoms with Gasteiger partial charge < -0.3 is 45.4 Å². The number of nitrogens with two attached hydrogens (primary N) is 1. The van der Waals surface area contributed by atoms with Crippen molar-refractivity contribution in [2.45, 2.75) is 114 Å². The molecule has 2 heterocycles. The lowest BCUT2D eigenvalue weighted by molar-refractivity contribution is -0.133. The van der Waals surface area contributed by atoms with Crippen LogP contribution in [0.5, 0.6) is 0 Å². The molecule has 0 aromatic heterocycles. The van der Waals surface area contributed by atoms with E-state index in [1.165, 1.54) is 5.57 Å². The number of allylic oxidation sites excluding steroid dienone is 1. The molecule has 2 saturated carbocycles. The summed E-state index contributed by atoms with van der Waals surface area (Å²) in [6.07, 6.45) is 6.42. The van der Waals surface area contributed by atoms with E-state index < -0.39 is 24.3 Å². The Morgan fingerprint density at radius 1 is 1.05 bits per heavy atom. The number of methoxy groups -OCH3 is 1. The molecule has 4 aliphatic rings. The molecule has 4 rings (SSSR count). The number of rotatable bonds is 16. The lowest BCUT2D eigenvalue weighted by atomic mass is 9.55. The molecule has 0 bridgehead atoms. The maximum absolute atomic E-state index is 13.0. The number of ether oxygens (including phenoxy) is 5. The highest BCUT2D eigenvalue weighted by Gasteiger charge is 2.94. The number of amides is 3. The summed E-state index contributed by atoms with van der Waals surface area (Å²) in [5, 5.41) is 8.36. The van der Waals surface area contributed by atoms with Gasteiger partial charge in [0.25, 0.3) is 0 Å². The molecular weight excluding hydrogens is 544 g/mol. The summed E-state index contributed by atoms with van der Waals surface area (Å²) >= 11 is 0. The summed E-state index contributed by atoms with van der Waals surface area (Å²) in [5.41, 5.74) is 5.96. The molecule has 2 spiro atoms. The van der Waals surface area contributed by atoms with Crippen LogP contribution in [0, 0.1) is 11.8 Å². The molecule has 4 fully saturated rings. The van der Waals surface area contributed by atoms with Gasteiger partial charge in [-0.1, -0.05) is 38.3 Å². The van der Waals surface area contributed by atoms with Gasteiger partial charge in [0.2, 0.25) is 5.91 Å². The van der Waals surface area contributed by atoms with Crippen LogP contribution < -0.4 is 21.7 Å². The van der Waals surface area contributed by atoms with E-state index in [4.69, 9.17) is 29.4 Å². The second-order valence-electron chi connectivity index (χ2n) is 12.6. The number of alkyl carbamates (subject to hydrolysis) is 2. The van der Waals surface area contributed by atoms with Gasteiger partial charge >= 0.3 is 12.2 Å². The minimum absolute atomic E-state index is 0.000491. The number of carbonyl (C=O) groups excluding carboxylic acids is 3. The highest BCUT2D eigenvalue weighted by Crippen LogP contribution is 2.77. The average molecular weight is 595 g/mol. The van der Waals surface area contributed by atoms with Crippen molar-refractivity contribution >= 4 is 18.1 Å². The number of nitrogens with one attached hydrogen (secondary N) is 3. The molecule has 0 aromatic rings. The largest absolute Gasteiger partial charge is 0.447 e. The van der Waals surface area contributed by atoms with E-state index in [2.05, 4.69) is 35.9 Å². The number of fused-ring (bicyclic) bond motifs is 2. The molecule has 2 aliphatic carbocycles. The number of hydrogen-bond donors (Lipinski definition) is 4. The van der Waals surface area contributed by atoms with Gasteiger partial charge in [-0.2, -0.15) is 0 Å². The fourth-order valence-corrected chi connectivity index (χ4v) is 6.71. The molecule has 8 atom stereocenters. The van der Waals surface area contributed by atoms with Gasteiger partial charge in [0, 0.05) is 20.2 Å². The van der Waals surface area contributed by atoms with E-state index >= 15 is 0 Å². The van der Waals surface area contributed by atoms with E-state index in [1.807, 2.05) is 13.8 Å². The third kappa shape index (κ3) is 7.03. The number of epoxide rings is 2. The summed E-state index contributed by atoms with van der Waals surface area (Å²) in [6.45, 7) is 9.18. The molecule has 0 radical (unpaired) electrons. The van der Waals surface area contributed by atoms with Crippen LogP contribution in [-0.2, 0) is 28.5 Å². The van der Waals surface area contributed by atoms with Crippen LogP contribution in [0.4, 0.5) is 9.59 Å². The van der Waals surface area contributed by atoms with Crippen LogP contribution >= 0.6 is 0 Å². The van der Waals surface area contributed by atoms with Crippen molar-refractivity contribution < 1.29 is 38.1 Å². The van der Waals surface area contributed by atoms with E-state index in [1.54, 1.807) is 7.11 Å². The van der Waals surface area contributed by atoms with Gasteiger partial charge in [0.15, 0.2) is 0 Å². The van der Waals surface area contributed by atoms with Gasteiger partial charge in [-0.3, -0.25) is 4.79 Å². The third-order valence-corrected chi connectivity index (χ3v) is 9.11. The second kappa shape index (κ2) is 13.9. The molecule has 2 saturated heterocycles. The lowest BCUT2D eigenvalue weighted by Gasteiger charge is -2.48. The summed E-state index contributed by atoms with van der Waals surface area (Å²) in [4.78, 5) is 36.3. The Morgan fingerprint density at radius 3 is 2.40 bits per heavy atom. The highest BCUT2D eigenvalue weighted by atomic mass is 16.7. The topological polar surface area (TPSA) is 166 Å². The monoisotopic (exact) mass is 594 g/mol. The Hall–Kier alpha value is -2.41. The van der Waals surface area contributed by atoms with Crippen molar-refractivity contribution in [3.63, 3.8) is 0 Å². The molecule has 5 N–H and O–H groups in total. The number of carbonyl (C=O) groups is 3. The first-order valence-electron chi connectivity index (χ1n) is 15.4. The fraction of sp³-hybridized carbons (Fsp3) is 0.833. The Labute approximate surface area is 249 Å². The van der Waals surface area contributed by atoms with Crippen molar-refractivity contribution in [2.24, 2.45) is 17.6 Å². The van der Waals surface area contributed by atoms with Crippen LogP contribution in [0.25, 0.3) is 0 Å². The van der Waals surface area contributed by atoms with E-state index in [-0.39, 0.29) is 60.4 Å². The molecule has 12 nitrogen and oxygen atoms in total. The summed E-state index contributed by atoms with van der Waals surface area (Å²) in [6, 6.07) is -0.408. The number of hydrogen-bond acceptors (Lipinski definition) is 9. The lowest BCUT2D eigenvalue weighted by Crippen LogP contribution is -2.66. The van der Waals surface area contributed by atoms with E-state index in [0.29, 0.717) is 19.5 Å². The third-order valence-electron chi connectivity index (χ3n) is 9.11. The van der Waals surface area contributed by atoms with Crippen molar-refractivity contribution in [1.82, 2.24) is 16.0 Å². The Bertz CT molecular complexity index is 1000. The van der Waals surface area contributed by atoms with Crippen molar-refractivity contribution in [3.8, 4) is 0 Å². The van der Waals surface area contributed by atoms with Crippen molar-refractivity contribution in [3.05, 3.63) is 11.6 Å². The molecule has 12 heteroatoms. The standard InChI is InChI=1S/C30H50N4O8/c1-18(2)10-11-22-30(41-22)25-24(38-5)21(12-13-29(25)26(30)42-29)40-28(37)34-20(19(3)4)17-39-27(36)33-15-9-7-6-8-14-32-23(35)16-31/h10,19-22,24-26H,6-9,11-17,31H2,1-5H3,(H,32,35)(H,33,36)(H,34,37)/t20-,21?,22+,24?,25?,26?,29+,30?/m0/s1. The molecule has 0 aromatic carbocycles. The van der Waals surface area contributed by atoms with E-state index in [9.17, 15) is 14.4 Å². The quantitative estimate of drug-likeness (QED) is 0.119. The maximum atomic E-state index is 13.0. The normalized spacial score (nSPS) is 32.5. The molecule has 2 aliphatic heterocycles. The minimum atomic E-state index is -0.553. The zero-order valence-corrected chi connectivity index (χ0v) is 25.7. The zero-order chi connectivity index (χ0) is 30.5. The predicted molar refractivity (Wildman–Crippen MR) is 155 cm³/mol. The molecular formula is C30H50N4O8. The summed E-state index contributed by atoms with van der Waals surface area (Å²) < 4.78 is 29.6. The van der Waals surface area contributed by atoms with Crippen molar-refractivity contribution in [1.29, 1.82) is 0 Å². The predicted octanol–water partition coefficient (Wildman–Crippen LogP) is 2.54. The maximum Gasteiger partial charge on any atom is 0.407 e. The average Bonchev–Trinajstić information content (AvgIpc) is 3.84. The number of unbranched alkanes of at least 4 members (excludes halogenated alkanes) is 3. The Balaban J connectivity index is 1.16. The fourth-order valence-electron chi connectivity index (χ4n) is 6.71. The zero-order valence-electron chi connectivity index (χ0n) is 25.7. The van der Waals surface area contributed by atoms with E-state index in [0.717, 1.165) is 38.5 Å². The first-order valence-corrected chi connectivity index (χ1v) is 15.4. The molecule has 238 valence electrons. The molecule has 42 heavy (non-hydrogen) atoms. The molecule has 5 unspecified atom stereocenters. The minimum Gasteiger partial charge on any atom is -0.447 e. The van der Waals surface area contributed by atoms with Gasteiger partial charge in [-0.05, 0) is 51.9 Å². The Kier molecular flexibility index (Phi) is 10.8. The van der Waals surface area contributed by atoms with Gasteiger partial charge in [0.05, 0.1) is 24.6 Å². The van der Waals surface area contributed by atoms with Crippen LogP contribution in [0.1, 0.15) is 72.6 Å².